The van der Waals surface area contributed by atoms with E-state index >= 15 is 0 Å². The standard InChI is InChI=1S/C25H31Cl2N5O2/c1-15-10-21(33)23-22(15)24(30-14-29-23)31-6-8-32(9-7-31)25(34)18(13-28-12-16-2-3-16)17-4-5-19(26)20(27)11-17/h4-5,11,14-16,18,21,28,33H,2-3,6-10,12-13H2,1H3/t15-,18?,21-/m1/s1. The maximum absolute atomic E-state index is 13.6. The van der Waals surface area contributed by atoms with Crippen molar-refractivity contribution in [2.24, 2.45) is 5.92 Å². The topological polar surface area (TPSA) is 81.6 Å². The van der Waals surface area contributed by atoms with Crippen molar-refractivity contribution in [2.45, 2.75) is 44.1 Å². The number of aliphatic hydroxyl groups excluding tert-OH is 1. The first-order valence-electron chi connectivity index (χ1n) is 12.1. The predicted molar refractivity (Wildman–Crippen MR) is 134 cm³/mol. The minimum absolute atomic E-state index is 0.109. The highest BCUT2D eigenvalue weighted by Crippen LogP contribution is 2.42. The van der Waals surface area contributed by atoms with Crippen LogP contribution >= 0.6 is 23.2 Å². The molecule has 2 heterocycles. The lowest BCUT2D eigenvalue weighted by atomic mass is 9.96. The maximum atomic E-state index is 13.6. The molecule has 1 saturated heterocycles. The van der Waals surface area contributed by atoms with E-state index in [1.807, 2.05) is 17.0 Å². The quantitative estimate of drug-likeness (QED) is 0.598. The van der Waals surface area contributed by atoms with Gasteiger partial charge in [-0.05, 0) is 55.3 Å². The van der Waals surface area contributed by atoms with Crippen molar-refractivity contribution in [1.82, 2.24) is 20.2 Å². The van der Waals surface area contributed by atoms with Gasteiger partial charge in [-0.1, -0.05) is 36.2 Å². The van der Waals surface area contributed by atoms with Gasteiger partial charge in [0.1, 0.15) is 12.1 Å². The van der Waals surface area contributed by atoms with Crippen LogP contribution in [-0.2, 0) is 4.79 Å². The Balaban J connectivity index is 1.28. The monoisotopic (exact) mass is 503 g/mol. The summed E-state index contributed by atoms with van der Waals surface area (Å²) in [5.41, 5.74) is 2.69. The van der Waals surface area contributed by atoms with E-state index in [2.05, 4.69) is 27.1 Å². The number of rotatable bonds is 7. The predicted octanol–water partition coefficient (Wildman–Crippen LogP) is 3.76. The van der Waals surface area contributed by atoms with Crippen molar-refractivity contribution in [3.63, 3.8) is 0 Å². The number of carbonyl (C=O) groups excluding carboxylic acids is 1. The number of piperazine rings is 1. The van der Waals surface area contributed by atoms with Crippen LogP contribution in [-0.4, -0.2) is 65.2 Å². The molecule has 0 radical (unpaired) electrons. The summed E-state index contributed by atoms with van der Waals surface area (Å²) < 4.78 is 0. The summed E-state index contributed by atoms with van der Waals surface area (Å²) in [6.45, 7) is 6.27. The summed E-state index contributed by atoms with van der Waals surface area (Å²) in [4.78, 5) is 26.7. The van der Waals surface area contributed by atoms with Crippen LogP contribution in [0.25, 0.3) is 0 Å². The number of hydrogen-bond acceptors (Lipinski definition) is 6. The number of carbonyl (C=O) groups is 1. The number of benzene rings is 1. The first-order valence-corrected chi connectivity index (χ1v) is 12.9. The van der Waals surface area contributed by atoms with E-state index in [9.17, 15) is 9.90 Å². The third-order valence-corrected chi connectivity index (χ3v) is 8.03. The molecular formula is C25H31Cl2N5O2. The smallest absolute Gasteiger partial charge is 0.231 e. The number of aromatic nitrogens is 2. The molecule has 34 heavy (non-hydrogen) atoms. The number of amides is 1. The first kappa shape index (κ1) is 23.8. The Kier molecular flexibility index (Phi) is 6.98. The zero-order chi connectivity index (χ0) is 23.8. The molecule has 2 fully saturated rings. The molecule has 1 unspecified atom stereocenters. The van der Waals surface area contributed by atoms with Crippen molar-refractivity contribution in [3.05, 3.63) is 51.4 Å². The second-order valence-corrected chi connectivity index (χ2v) is 10.6. The molecule has 0 spiro atoms. The van der Waals surface area contributed by atoms with Gasteiger partial charge >= 0.3 is 0 Å². The molecule has 5 rings (SSSR count). The van der Waals surface area contributed by atoms with Gasteiger partial charge in [0.2, 0.25) is 5.91 Å². The highest BCUT2D eigenvalue weighted by Gasteiger charge is 2.35. The summed E-state index contributed by atoms with van der Waals surface area (Å²) in [7, 11) is 0. The van der Waals surface area contributed by atoms with Crippen LogP contribution in [0.4, 0.5) is 5.82 Å². The van der Waals surface area contributed by atoms with E-state index in [-0.39, 0.29) is 17.7 Å². The van der Waals surface area contributed by atoms with E-state index in [0.29, 0.717) is 49.2 Å². The van der Waals surface area contributed by atoms with Crippen LogP contribution in [0.2, 0.25) is 10.0 Å². The minimum Gasteiger partial charge on any atom is -0.387 e. The van der Waals surface area contributed by atoms with Gasteiger partial charge in [-0.2, -0.15) is 0 Å². The molecule has 1 saturated carbocycles. The molecule has 1 aromatic carbocycles. The molecule has 2 aromatic rings. The highest BCUT2D eigenvalue weighted by atomic mass is 35.5. The lowest BCUT2D eigenvalue weighted by Gasteiger charge is -2.38. The van der Waals surface area contributed by atoms with Gasteiger partial charge in [0.25, 0.3) is 0 Å². The van der Waals surface area contributed by atoms with Crippen LogP contribution in [0.5, 0.6) is 0 Å². The first-order chi connectivity index (χ1) is 16.4. The van der Waals surface area contributed by atoms with Gasteiger partial charge in [-0.25, -0.2) is 9.97 Å². The fourth-order valence-corrected chi connectivity index (χ4v) is 5.45. The van der Waals surface area contributed by atoms with E-state index in [4.69, 9.17) is 23.2 Å². The van der Waals surface area contributed by atoms with Gasteiger partial charge in [0.05, 0.1) is 27.8 Å². The van der Waals surface area contributed by atoms with Gasteiger partial charge in [-0.3, -0.25) is 4.79 Å². The molecule has 0 bridgehead atoms. The molecule has 182 valence electrons. The lowest BCUT2D eigenvalue weighted by molar-refractivity contribution is -0.133. The van der Waals surface area contributed by atoms with E-state index in [1.54, 1.807) is 12.4 Å². The number of anilines is 1. The highest BCUT2D eigenvalue weighted by molar-refractivity contribution is 6.42. The zero-order valence-electron chi connectivity index (χ0n) is 19.4. The van der Waals surface area contributed by atoms with Crippen LogP contribution in [0.3, 0.4) is 0 Å². The van der Waals surface area contributed by atoms with Gasteiger partial charge in [-0.15, -0.1) is 0 Å². The average molecular weight is 504 g/mol. The third-order valence-electron chi connectivity index (χ3n) is 7.29. The Morgan fingerprint density at radius 1 is 1.18 bits per heavy atom. The molecule has 9 heteroatoms. The van der Waals surface area contributed by atoms with Crippen molar-refractivity contribution < 1.29 is 9.90 Å². The van der Waals surface area contributed by atoms with Crippen LogP contribution in [0.1, 0.15) is 60.9 Å². The van der Waals surface area contributed by atoms with Crippen molar-refractivity contribution in [1.29, 1.82) is 0 Å². The fourth-order valence-electron chi connectivity index (χ4n) is 5.14. The molecule has 1 aliphatic heterocycles. The Labute approximate surface area is 210 Å². The Morgan fingerprint density at radius 3 is 2.65 bits per heavy atom. The normalized spacial score (nSPS) is 23.2. The molecule has 1 aromatic heterocycles. The molecule has 1 amide bonds. The van der Waals surface area contributed by atoms with Crippen LogP contribution < -0.4 is 10.2 Å². The fraction of sp³-hybridized carbons (Fsp3) is 0.560. The molecule has 3 atom stereocenters. The number of nitrogens with zero attached hydrogens (tertiary/aromatic N) is 4. The van der Waals surface area contributed by atoms with E-state index < -0.39 is 6.10 Å². The van der Waals surface area contributed by atoms with Crippen molar-refractivity contribution in [2.75, 3.05) is 44.2 Å². The summed E-state index contributed by atoms with van der Waals surface area (Å²) >= 11 is 12.4. The lowest BCUT2D eigenvalue weighted by Crippen LogP contribution is -2.51. The number of nitrogens with one attached hydrogen (secondary N) is 1. The number of aliphatic hydroxyl groups is 1. The molecule has 3 aliphatic rings. The van der Waals surface area contributed by atoms with Crippen LogP contribution in [0.15, 0.2) is 24.5 Å². The Hall–Kier alpha value is -1.93. The second-order valence-electron chi connectivity index (χ2n) is 9.79. The van der Waals surface area contributed by atoms with Gasteiger partial charge in [0.15, 0.2) is 0 Å². The second kappa shape index (κ2) is 9.97. The molecule has 2 aliphatic carbocycles. The summed E-state index contributed by atoms with van der Waals surface area (Å²) in [5.74, 6) is 1.66. The SMILES string of the molecule is C[C@@H]1C[C@@H](O)c2ncnc(N3CCN(C(=O)C(CNCC4CC4)c4ccc(Cl)c(Cl)c4)CC3)c21. The number of halogens is 2. The third kappa shape index (κ3) is 4.89. The number of fused-ring (bicyclic) bond motifs is 1. The molecule has 7 nitrogen and oxygen atoms in total. The van der Waals surface area contributed by atoms with Gasteiger partial charge < -0.3 is 20.2 Å². The summed E-state index contributed by atoms with van der Waals surface area (Å²) in [6, 6.07) is 5.49. The number of hydrogen-bond donors (Lipinski definition) is 2. The Morgan fingerprint density at radius 2 is 1.94 bits per heavy atom. The van der Waals surface area contributed by atoms with Crippen LogP contribution in [0, 0.1) is 5.92 Å². The molecular weight excluding hydrogens is 473 g/mol. The Bertz CT molecular complexity index is 1060. The van der Waals surface area contributed by atoms with Gasteiger partial charge in [0, 0.05) is 38.3 Å². The summed E-state index contributed by atoms with van der Waals surface area (Å²) in [6.07, 6.45) is 4.23. The average Bonchev–Trinajstić information content (AvgIpc) is 3.62. The minimum atomic E-state index is -0.523. The zero-order valence-corrected chi connectivity index (χ0v) is 20.9. The molecule has 2 N–H and O–H groups in total. The van der Waals surface area contributed by atoms with Crippen molar-refractivity contribution in [3.8, 4) is 0 Å². The van der Waals surface area contributed by atoms with E-state index in [1.165, 1.54) is 12.8 Å². The van der Waals surface area contributed by atoms with E-state index in [0.717, 1.165) is 35.1 Å². The largest absolute Gasteiger partial charge is 0.387 e. The summed E-state index contributed by atoms with van der Waals surface area (Å²) in [5, 5.41) is 14.8. The van der Waals surface area contributed by atoms with Crippen molar-refractivity contribution >= 4 is 34.9 Å². The maximum Gasteiger partial charge on any atom is 0.231 e.